The average molecular weight is 370 g/mol. The molecule has 1 amide bonds. The Labute approximate surface area is 159 Å². The second-order valence-corrected chi connectivity index (χ2v) is 7.52. The highest BCUT2D eigenvalue weighted by Gasteiger charge is 2.23. The molecule has 0 aromatic heterocycles. The highest BCUT2D eigenvalue weighted by Crippen LogP contribution is 2.30. The Morgan fingerprint density at radius 1 is 1.08 bits per heavy atom. The Morgan fingerprint density at radius 2 is 1.81 bits per heavy atom. The average Bonchev–Trinajstić information content (AvgIpc) is 3.30. The summed E-state index contributed by atoms with van der Waals surface area (Å²) in [6.07, 6.45) is 4.68. The number of carbonyl (C=O) groups is 1. The molecule has 0 radical (unpaired) electrons. The third-order valence-corrected chi connectivity index (χ3v) is 5.42. The quantitative estimate of drug-likeness (QED) is 0.790. The number of hydrogen-bond donors (Lipinski definition) is 2. The summed E-state index contributed by atoms with van der Waals surface area (Å²) in [6, 6.07) is 14.1. The minimum Gasteiger partial charge on any atom is -0.381 e. The van der Waals surface area contributed by atoms with Crippen LogP contribution in [0.1, 0.15) is 41.6 Å². The fourth-order valence-corrected chi connectivity index (χ4v) is 3.64. The first-order valence-corrected chi connectivity index (χ1v) is 9.75. The van der Waals surface area contributed by atoms with Crippen molar-refractivity contribution in [2.45, 2.75) is 38.3 Å². The molecule has 4 nitrogen and oxygen atoms in total. The molecule has 2 aromatic rings. The minimum atomic E-state index is 0.0153. The lowest BCUT2D eigenvalue weighted by atomic mass is 10.1. The molecule has 0 bridgehead atoms. The molecule has 26 heavy (non-hydrogen) atoms. The lowest BCUT2D eigenvalue weighted by Crippen LogP contribution is -2.25. The van der Waals surface area contributed by atoms with Crippen molar-refractivity contribution >= 4 is 28.9 Å². The molecule has 5 heteroatoms. The molecule has 2 fully saturated rings. The van der Waals surface area contributed by atoms with E-state index in [0.717, 1.165) is 42.2 Å². The zero-order chi connectivity index (χ0) is 17.9. The van der Waals surface area contributed by atoms with Crippen LogP contribution in [0.4, 0.5) is 11.4 Å². The molecular formula is C21H24ClN3O. The molecule has 4 rings (SSSR count). The topological polar surface area (TPSA) is 44.4 Å². The van der Waals surface area contributed by atoms with Gasteiger partial charge in [-0.2, -0.15) is 0 Å². The van der Waals surface area contributed by atoms with E-state index < -0.39 is 0 Å². The molecule has 2 N–H and O–H groups in total. The summed E-state index contributed by atoms with van der Waals surface area (Å²) < 4.78 is 0. The molecule has 1 heterocycles. The maximum atomic E-state index is 12.1. The van der Waals surface area contributed by atoms with Gasteiger partial charge in [-0.25, -0.2) is 0 Å². The highest BCUT2D eigenvalue weighted by molar-refractivity contribution is 6.31. The Kier molecular flexibility index (Phi) is 5.02. The van der Waals surface area contributed by atoms with Crippen LogP contribution in [-0.4, -0.2) is 25.0 Å². The van der Waals surface area contributed by atoms with Gasteiger partial charge in [0.2, 0.25) is 0 Å². The van der Waals surface area contributed by atoms with Gasteiger partial charge in [0.25, 0.3) is 5.91 Å². The van der Waals surface area contributed by atoms with Crippen molar-refractivity contribution in [2.75, 3.05) is 23.3 Å². The van der Waals surface area contributed by atoms with Crippen LogP contribution in [0.2, 0.25) is 5.02 Å². The Morgan fingerprint density at radius 3 is 2.50 bits per heavy atom. The van der Waals surface area contributed by atoms with E-state index in [1.165, 1.54) is 18.5 Å². The predicted octanol–water partition coefficient (Wildman–Crippen LogP) is 4.44. The lowest BCUT2D eigenvalue weighted by molar-refractivity contribution is 0.0951. The van der Waals surface area contributed by atoms with Gasteiger partial charge in [0, 0.05) is 53.2 Å². The molecule has 1 saturated carbocycles. The second-order valence-electron chi connectivity index (χ2n) is 7.11. The summed E-state index contributed by atoms with van der Waals surface area (Å²) in [4.78, 5) is 14.5. The van der Waals surface area contributed by atoms with Crippen molar-refractivity contribution in [2.24, 2.45) is 0 Å². The van der Waals surface area contributed by atoms with Gasteiger partial charge in [-0.3, -0.25) is 4.79 Å². The number of carbonyl (C=O) groups excluding carboxylic acids is 1. The van der Waals surface area contributed by atoms with E-state index in [0.29, 0.717) is 18.2 Å². The zero-order valence-corrected chi connectivity index (χ0v) is 15.6. The van der Waals surface area contributed by atoms with Crippen molar-refractivity contribution in [3.8, 4) is 0 Å². The van der Waals surface area contributed by atoms with Crippen LogP contribution < -0.4 is 15.5 Å². The van der Waals surface area contributed by atoms with Crippen molar-refractivity contribution in [3.63, 3.8) is 0 Å². The molecule has 0 spiro atoms. The van der Waals surface area contributed by atoms with Gasteiger partial charge < -0.3 is 15.5 Å². The van der Waals surface area contributed by atoms with Crippen LogP contribution in [0.5, 0.6) is 0 Å². The van der Waals surface area contributed by atoms with Gasteiger partial charge in [-0.15, -0.1) is 0 Å². The maximum Gasteiger partial charge on any atom is 0.251 e. The molecule has 1 aliphatic carbocycles. The lowest BCUT2D eigenvalue weighted by Gasteiger charge is -2.22. The van der Waals surface area contributed by atoms with E-state index in [2.05, 4.69) is 21.6 Å². The fraction of sp³-hybridized carbons (Fsp3) is 0.381. The smallest absolute Gasteiger partial charge is 0.251 e. The van der Waals surface area contributed by atoms with Crippen molar-refractivity contribution < 1.29 is 4.79 Å². The van der Waals surface area contributed by atoms with Crippen LogP contribution in [-0.2, 0) is 6.54 Å². The number of halogens is 1. The molecule has 136 valence electrons. The molecule has 2 aromatic carbocycles. The first-order chi connectivity index (χ1) is 12.7. The summed E-state index contributed by atoms with van der Waals surface area (Å²) in [5.74, 6) is 0.0153. The van der Waals surface area contributed by atoms with Crippen LogP contribution in [0.3, 0.4) is 0 Å². The highest BCUT2D eigenvalue weighted by atomic mass is 35.5. The number of nitrogens with zero attached hydrogens (tertiary/aromatic N) is 1. The Bertz CT molecular complexity index is 780. The Hall–Kier alpha value is -2.20. The van der Waals surface area contributed by atoms with Gasteiger partial charge in [0.05, 0.1) is 0 Å². The number of rotatable bonds is 6. The summed E-state index contributed by atoms with van der Waals surface area (Å²) in [7, 11) is 0. The van der Waals surface area contributed by atoms with E-state index in [4.69, 9.17) is 11.6 Å². The summed E-state index contributed by atoms with van der Waals surface area (Å²) >= 11 is 6.48. The molecule has 1 saturated heterocycles. The first kappa shape index (κ1) is 17.2. The first-order valence-electron chi connectivity index (χ1n) is 9.38. The standard InChI is InChI=1S/C21H24ClN3O/c22-19-4-3-5-20(25-12-1-2-13-25)18(19)14-23-16-8-6-15(7-9-16)21(26)24-17-10-11-17/h3-9,17,23H,1-2,10-14H2,(H,24,26). The van der Waals surface area contributed by atoms with Crippen LogP contribution >= 0.6 is 11.6 Å². The largest absolute Gasteiger partial charge is 0.381 e. The molecule has 0 atom stereocenters. The van der Waals surface area contributed by atoms with Gasteiger partial charge in [-0.1, -0.05) is 17.7 Å². The number of hydrogen-bond acceptors (Lipinski definition) is 3. The number of anilines is 2. The van der Waals surface area contributed by atoms with Gasteiger partial charge in [0.15, 0.2) is 0 Å². The van der Waals surface area contributed by atoms with Crippen LogP contribution in [0.15, 0.2) is 42.5 Å². The van der Waals surface area contributed by atoms with Gasteiger partial charge >= 0.3 is 0 Å². The molecule has 0 unspecified atom stereocenters. The molecule has 2 aliphatic rings. The third-order valence-electron chi connectivity index (χ3n) is 5.07. The monoisotopic (exact) mass is 369 g/mol. The fourth-order valence-electron chi connectivity index (χ4n) is 3.40. The van der Waals surface area contributed by atoms with Crippen molar-refractivity contribution in [1.29, 1.82) is 0 Å². The number of benzene rings is 2. The maximum absolute atomic E-state index is 12.1. The van der Waals surface area contributed by atoms with E-state index in [9.17, 15) is 4.79 Å². The van der Waals surface area contributed by atoms with E-state index in [1.54, 1.807) is 0 Å². The van der Waals surface area contributed by atoms with Crippen molar-refractivity contribution in [1.82, 2.24) is 5.32 Å². The number of nitrogens with one attached hydrogen (secondary N) is 2. The van der Waals surface area contributed by atoms with E-state index in [-0.39, 0.29) is 5.91 Å². The summed E-state index contributed by atoms with van der Waals surface area (Å²) in [5, 5.41) is 7.25. The van der Waals surface area contributed by atoms with E-state index in [1.807, 2.05) is 36.4 Å². The molecule has 1 aliphatic heterocycles. The van der Waals surface area contributed by atoms with Gasteiger partial charge in [0.1, 0.15) is 0 Å². The number of amides is 1. The summed E-state index contributed by atoms with van der Waals surface area (Å²) in [6.45, 7) is 2.86. The van der Waals surface area contributed by atoms with Crippen LogP contribution in [0.25, 0.3) is 0 Å². The normalized spacial score (nSPS) is 16.6. The molecular weight excluding hydrogens is 346 g/mol. The minimum absolute atomic E-state index is 0.0153. The Balaban J connectivity index is 1.43. The van der Waals surface area contributed by atoms with Gasteiger partial charge in [-0.05, 0) is 62.1 Å². The van der Waals surface area contributed by atoms with Crippen LogP contribution in [0, 0.1) is 0 Å². The second kappa shape index (κ2) is 7.58. The summed E-state index contributed by atoms with van der Waals surface area (Å²) in [5.41, 5.74) is 4.05. The SMILES string of the molecule is O=C(NC1CC1)c1ccc(NCc2c(Cl)cccc2N2CCCC2)cc1. The van der Waals surface area contributed by atoms with E-state index >= 15 is 0 Å². The third kappa shape index (κ3) is 3.96. The zero-order valence-electron chi connectivity index (χ0n) is 14.8. The predicted molar refractivity (Wildman–Crippen MR) is 107 cm³/mol. The van der Waals surface area contributed by atoms with Crippen molar-refractivity contribution in [3.05, 3.63) is 58.6 Å².